The van der Waals surface area contributed by atoms with Crippen LogP contribution in [0, 0.1) is 34.1 Å². The molecule has 10 nitrogen and oxygen atoms in total. The largest absolute Gasteiger partial charge is 0.479 e. The number of furan rings is 1. The molecule has 0 fully saturated rings. The van der Waals surface area contributed by atoms with Crippen molar-refractivity contribution in [3.8, 4) is 5.75 Å². The zero-order valence-corrected chi connectivity index (χ0v) is 16.1. The first kappa shape index (κ1) is 20.5. The zero-order chi connectivity index (χ0) is 21.8. The summed E-state index contributed by atoms with van der Waals surface area (Å²) in [6, 6.07) is 11.8. The monoisotopic (exact) mass is 411 g/mol. The van der Waals surface area contributed by atoms with E-state index in [4.69, 9.17) is 9.15 Å². The lowest BCUT2D eigenvalue weighted by Crippen LogP contribution is -2.11. The number of anilines is 1. The van der Waals surface area contributed by atoms with Crippen LogP contribution in [0.15, 0.2) is 52.9 Å². The van der Waals surface area contributed by atoms with E-state index in [9.17, 15) is 25.0 Å². The maximum absolute atomic E-state index is 12.3. The normalized spacial score (nSPS) is 10.5. The van der Waals surface area contributed by atoms with Crippen LogP contribution in [0.2, 0.25) is 0 Å². The number of hydrogen-bond acceptors (Lipinski definition) is 7. The van der Waals surface area contributed by atoms with Gasteiger partial charge in [-0.25, -0.2) is 0 Å². The summed E-state index contributed by atoms with van der Waals surface area (Å²) in [4.78, 5) is 33.4. The van der Waals surface area contributed by atoms with Crippen molar-refractivity contribution in [1.82, 2.24) is 0 Å². The van der Waals surface area contributed by atoms with Crippen LogP contribution in [0.5, 0.6) is 5.75 Å². The zero-order valence-electron chi connectivity index (χ0n) is 16.1. The molecular formula is C20H17N3O7. The molecule has 3 rings (SSSR count). The molecule has 0 saturated heterocycles. The first-order valence-corrected chi connectivity index (χ1v) is 8.77. The van der Waals surface area contributed by atoms with Crippen molar-refractivity contribution in [2.24, 2.45) is 0 Å². The third-order valence-electron chi connectivity index (χ3n) is 4.23. The highest BCUT2D eigenvalue weighted by Crippen LogP contribution is 2.29. The van der Waals surface area contributed by atoms with Gasteiger partial charge in [0.2, 0.25) is 0 Å². The summed E-state index contributed by atoms with van der Waals surface area (Å²) in [6.07, 6.45) is 0. The number of amides is 1. The van der Waals surface area contributed by atoms with Crippen LogP contribution < -0.4 is 10.1 Å². The average molecular weight is 411 g/mol. The first-order valence-electron chi connectivity index (χ1n) is 8.77. The standard InChI is InChI=1S/C20H17N3O7/c1-12-3-7-18(17(9-12)23(27)28)29-11-15-6-8-19(30-15)20(24)21-14-5-4-13(2)16(10-14)22(25)26/h3-10H,11H2,1-2H3,(H,21,24). The Kier molecular flexibility index (Phi) is 5.77. The number of carbonyl (C=O) groups is 1. The van der Waals surface area contributed by atoms with E-state index in [2.05, 4.69) is 5.32 Å². The summed E-state index contributed by atoms with van der Waals surface area (Å²) in [5.41, 5.74) is 1.17. The maximum atomic E-state index is 12.3. The van der Waals surface area contributed by atoms with E-state index in [1.165, 1.54) is 36.4 Å². The molecule has 154 valence electrons. The second-order valence-electron chi connectivity index (χ2n) is 6.50. The maximum Gasteiger partial charge on any atom is 0.311 e. The lowest BCUT2D eigenvalue weighted by atomic mass is 10.2. The third-order valence-corrected chi connectivity index (χ3v) is 4.23. The fraction of sp³-hybridized carbons (Fsp3) is 0.150. The van der Waals surface area contributed by atoms with Crippen LogP contribution in [0.4, 0.5) is 17.1 Å². The Bertz CT molecular complexity index is 1140. The van der Waals surface area contributed by atoms with Crippen molar-refractivity contribution in [3.05, 3.63) is 91.4 Å². The van der Waals surface area contributed by atoms with Crippen molar-refractivity contribution >= 4 is 23.0 Å². The summed E-state index contributed by atoms with van der Waals surface area (Å²) < 4.78 is 10.9. The lowest BCUT2D eigenvalue weighted by molar-refractivity contribution is -0.386. The van der Waals surface area contributed by atoms with Gasteiger partial charge in [-0.05, 0) is 43.7 Å². The predicted octanol–water partition coefficient (Wildman–Crippen LogP) is 4.54. The van der Waals surface area contributed by atoms with Gasteiger partial charge in [-0.2, -0.15) is 0 Å². The molecule has 0 saturated carbocycles. The van der Waals surface area contributed by atoms with Crippen LogP contribution >= 0.6 is 0 Å². The predicted molar refractivity (Wildman–Crippen MR) is 107 cm³/mol. The molecule has 0 aliphatic rings. The second kappa shape index (κ2) is 8.43. The van der Waals surface area contributed by atoms with Gasteiger partial charge in [-0.1, -0.05) is 12.1 Å². The van der Waals surface area contributed by atoms with Crippen LogP contribution in [0.1, 0.15) is 27.4 Å². The second-order valence-corrected chi connectivity index (χ2v) is 6.50. The topological polar surface area (TPSA) is 138 Å². The Morgan fingerprint density at radius 2 is 1.73 bits per heavy atom. The van der Waals surface area contributed by atoms with Gasteiger partial charge in [-0.15, -0.1) is 0 Å². The average Bonchev–Trinajstić information content (AvgIpc) is 3.17. The molecule has 0 atom stereocenters. The Hall–Kier alpha value is -4.21. The molecule has 1 N–H and O–H groups in total. The summed E-state index contributed by atoms with van der Waals surface area (Å²) in [6.45, 7) is 3.21. The van der Waals surface area contributed by atoms with Crippen LogP contribution in [0.25, 0.3) is 0 Å². The van der Waals surface area contributed by atoms with Crippen molar-refractivity contribution in [3.63, 3.8) is 0 Å². The number of nitro benzene ring substituents is 2. The summed E-state index contributed by atoms with van der Waals surface area (Å²) in [5.74, 6) is -0.263. The summed E-state index contributed by atoms with van der Waals surface area (Å²) >= 11 is 0. The highest BCUT2D eigenvalue weighted by atomic mass is 16.6. The van der Waals surface area contributed by atoms with E-state index in [-0.39, 0.29) is 40.9 Å². The SMILES string of the molecule is Cc1ccc(OCc2ccc(C(=O)Nc3ccc(C)c([N+](=O)[O-])c3)o2)c([N+](=O)[O-])c1. The van der Waals surface area contributed by atoms with E-state index in [1.807, 2.05) is 0 Å². The molecule has 0 spiro atoms. The van der Waals surface area contributed by atoms with Gasteiger partial charge in [-0.3, -0.25) is 25.0 Å². The van der Waals surface area contributed by atoms with E-state index in [0.29, 0.717) is 5.56 Å². The van der Waals surface area contributed by atoms with Crippen LogP contribution in [-0.4, -0.2) is 15.8 Å². The molecule has 30 heavy (non-hydrogen) atoms. The smallest absolute Gasteiger partial charge is 0.311 e. The molecule has 10 heteroatoms. The Labute approximate surface area is 170 Å². The molecule has 1 aromatic heterocycles. The van der Waals surface area contributed by atoms with Gasteiger partial charge < -0.3 is 14.5 Å². The number of rotatable bonds is 7. The van der Waals surface area contributed by atoms with E-state index in [1.54, 1.807) is 26.0 Å². The first-order chi connectivity index (χ1) is 14.2. The minimum absolute atomic E-state index is 0.0322. The number of benzene rings is 2. The van der Waals surface area contributed by atoms with Crippen molar-refractivity contribution < 1.29 is 23.8 Å². The number of nitrogens with one attached hydrogen (secondary N) is 1. The van der Waals surface area contributed by atoms with Gasteiger partial charge in [0, 0.05) is 23.4 Å². The molecule has 0 unspecified atom stereocenters. The molecule has 0 aliphatic carbocycles. The number of carbonyl (C=O) groups excluding carboxylic acids is 1. The van der Waals surface area contributed by atoms with Crippen molar-refractivity contribution in [2.75, 3.05) is 5.32 Å². The molecule has 0 bridgehead atoms. The van der Waals surface area contributed by atoms with Gasteiger partial charge >= 0.3 is 5.69 Å². The quantitative estimate of drug-likeness (QED) is 0.445. The molecule has 3 aromatic rings. The Morgan fingerprint density at radius 3 is 2.43 bits per heavy atom. The number of ether oxygens (including phenoxy) is 1. The number of hydrogen-bond donors (Lipinski definition) is 1. The molecule has 1 heterocycles. The summed E-state index contributed by atoms with van der Waals surface area (Å²) in [5, 5.41) is 24.7. The minimum atomic E-state index is -0.597. The highest BCUT2D eigenvalue weighted by molar-refractivity contribution is 6.02. The fourth-order valence-corrected chi connectivity index (χ4v) is 2.70. The third kappa shape index (κ3) is 4.61. The van der Waals surface area contributed by atoms with E-state index >= 15 is 0 Å². The van der Waals surface area contributed by atoms with Crippen molar-refractivity contribution in [2.45, 2.75) is 20.5 Å². The van der Waals surface area contributed by atoms with E-state index < -0.39 is 15.8 Å². The number of nitrogens with zero attached hydrogens (tertiary/aromatic N) is 2. The minimum Gasteiger partial charge on any atom is -0.479 e. The van der Waals surface area contributed by atoms with E-state index in [0.717, 1.165) is 5.56 Å². The lowest BCUT2D eigenvalue weighted by Gasteiger charge is -2.06. The Balaban J connectivity index is 1.68. The van der Waals surface area contributed by atoms with Crippen molar-refractivity contribution in [1.29, 1.82) is 0 Å². The van der Waals surface area contributed by atoms with Gasteiger partial charge in [0.1, 0.15) is 12.4 Å². The molecular weight excluding hydrogens is 394 g/mol. The molecule has 0 aliphatic heterocycles. The van der Waals surface area contributed by atoms with Gasteiger partial charge in [0.05, 0.1) is 9.85 Å². The fourth-order valence-electron chi connectivity index (χ4n) is 2.70. The molecule has 0 radical (unpaired) electrons. The molecule has 1 amide bonds. The Morgan fingerprint density at radius 1 is 1.00 bits per heavy atom. The number of nitro groups is 2. The highest BCUT2D eigenvalue weighted by Gasteiger charge is 2.18. The van der Waals surface area contributed by atoms with Gasteiger partial charge in [0.25, 0.3) is 11.6 Å². The molecule has 2 aromatic carbocycles. The number of aryl methyl sites for hydroxylation is 2. The summed E-state index contributed by atoms with van der Waals surface area (Å²) in [7, 11) is 0. The van der Waals surface area contributed by atoms with Gasteiger partial charge in [0.15, 0.2) is 11.5 Å². The van der Waals surface area contributed by atoms with Crippen LogP contribution in [0.3, 0.4) is 0 Å². The van der Waals surface area contributed by atoms with Crippen LogP contribution in [-0.2, 0) is 6.61 Å².